The normalized spacial score (nSPS) is 11.7. The smallest absolute Gasteiger partial charge is 0.328 e. The zero-order valence-electron chi connectivity index (χ0n) is 14.3. The lowest BCUT2D eigenvalue weighted by Gasteiger charge is -2.05. The number of aromatic nitrogens is 8. The van der Waals surface area contributed by atoms with E-state index in [1.54, 1.807) is 7.05 Å². The van der Waals surface area contributed by atoms with Gasteiger partial charge in [0.2, 0.25) is 5.95 Å². The lowest BCUT2D eigenvalue weighted by molar-refractivity contribution is 0.705. The highest BCUT2D eigenvalue weighted by atomic mass is 16.2. The van der Waals surface area contributed by atoms with Gasteiger partial charge < -0.3 is 9.13 Å². The number of aryl methyl sites for hydroxylation is 3. The zero-order valence-corrected chi connectivity index (χ0v) is 14.3. The minimum absolute atomic E-state index is 0.0759. The quantitative estimate of drug-likeness (QED) is 0.406. The monoisotopic (exact) mass is 358 g/mol. The molecule has 0 aliphatic rings. The molecule has 4 rings (SSSR count). The molecule has 134 valence electrons. The molecule has 0 unspecified atom stereocenters. The molecule has 4 aromatic heterocycles. The summed E-state index contributed by atoms with van der Waals surface area (Å²) in [7, 11) is 5.92. The van der Waals surface area contributed by atoms with E-state index in [2.05, 4.69) is 15.0 Å². The van der Waals surface area contributed by atoms with Crippen molar-refractivity contribution < 1.29 is 0 Å². The van der Waals surface area contributed by atoms with Crippen LogP contribution in [0.1, 0.15) is 0 Å². The van der Waals surface area contributed by atoms with Crippen LogP contribution in [0.4, 0.5) is 0 Å². The van der Waals surface area contributed by atoms with Crippen LogP contribution in [0.15, 0.2) is 25.5 Å². The van der Waals surface area contributed by atoms with E-state index >= 15 is 0 Å². The van der Waals surface area contributed by atoms with Gasteiger partial charge in [-0.15, -0.1) is 0 Å². The third kappa shape index (κ3) is 1.77. The van der Waals surface area contributed by atoms with Crippen molar-refractivity contribution in [3.8, 4) is 5.95 Å². The predicted octanol–water partition coefficient (Wildman–Crippen LogP) is -2.30. The molecule has 0 atom stereocenters. The van der Waals surface area contributed by atoms with Crippen molar-refractivity contribution >= 4 is 22.3 Å². The summed E-state index contributed by atoms with van der Waals surface area (Å²) in [6.45, 7) is 0. The van der Waals surface area contributed by atoms with Gasteiger partial charge in [0.15, 0.2) is 22.3 Å². The van der Waals surface area contributed by atoms with Gasteiger partial charge in [0, 0.05) is 28.2 Å². The molecule has 0 bridgehead atoms. The molecular weight excluding hydrogens is 344 g/mol. The van der Waals surface area contributed by atoms with E-state index in [4.69, 9.17) is 0 Å². The van der Waals surface area contributed by atoms with Crippen LogP contribution < -0.4 is 22.5 Å². The van der Waals surface area contributed by atoms with Crippen molar-refractivity contribution in [1.29, 1.82) is 0 Å². The van der Waals surface area contributed by atoms with E-state index < -0.39 is 22.5 Å². The van der Waals surface area contributed by atoms with E-state index in [1.807, 2.05) is 0 Å². The molecule has 12 heteroatoms. The minimum Gasteiger partial charge on any atom is -0.328 e. The summed E-state index contributed by atoms with van der Waals surface area (Å²) in [5.74, 6) is -0.0762. The van der Waals surface area contributed by atoms with Gasteiger partial charge in [-0.1, -0.05) is 0 Å². The molecule has 4 heterocycles. The Morgan fingerprint density at radius 2 is 1.58 bits per heavy atom. The van der Waals surface area contributed by atoms with Crippen molar-refractivity contribution in [3.05, 3.63) is 48.0 Å². The van der Waals surface area contributed by atoms with Crippen molar-refractivity contribution in [2.45, 2.75) is 0 Å². The van der Waals surface area contributed by atoms with E-state index in [0.717, 1.165) is 9.13 Å². The second-order valence-corrected chi connectivity index (χ2v) is 5.97. The molecule has 0 radical (unpaired) electrons. The van der Waals surface area contributed by atoms with Crippen LogP contribution >= 0.6 is 0 Å². The summed E-state index contributed by atoms with van der Waals surface area (Å²) in [5, 5.41) is 0. The van der Waals surface area contributed by atoms with Crippen LogP contribution in [0.3, 0.4) is 0 Å². The maximum Gasteiger partial charge on any atom is 0.337 e. The van der Waals surface area contributed by atoms with Crippen LogP contribution in [0.25, 0.3) is 28.3 Å². The topological polar surface area (TPSA) is 134 Å². The first-order chi connectivity index (χ1) is 12.2. The number of hydrogen-bond donors (Lipinski definition) is 1. The number of aromatic amines is 1. The van der Waals surface area contributed by atoms with Gasteiger partial charge in [-0.3, -0.25) is 23.7 Å². The third-order valence-electron chi connectivity index (χ3n) is 4.42. The molecule has 0 spiro atoms. The molecule has 0 aliphatic carbocycles. The van der Waals surface area contributed by atoms with Crippen LogP contribution in [0, 0.1) is 0 Å². The zero-order chi connectivity index (χ0) is 18.9. The van der Waals surface area contributed by atoms with Gasteiger partial charge in [0.1, 0.15) is 0 Å². The Kier molecular flexibility index (Phi) is 2.98. The number of hydrogen-bond acceptors (Lipinski definition) is 6. The maximum atomic E-state index is 12.8. The second kappa shape index (κ2) is 4.91. The fourth-order valence-electron chi connectivity index (χ4n) is 3.02. The average molecular weight is 358 g/mol. The van der Waals surface area contributed by atoms with Crippen molar-refractivity contribution in [2.75, 3.05) is 0 Å². The van der Waals surface area contributed by atoms with E-state index in [0.29, 0.717) is 0 Å². The van der Waals surface area contributed by atoms with Gasteiger partial charge in [-0.2, -0.15) is 9.55 Å². The molecule has 0 aliphatic heterocycles. The lowest BCUT2D eigenvalue weighted by atomic mass is 10.5. The average Bonchev–Trinajstić information content (AvgIpc) is 3.12. The molecule has 1 N–H and O–H groups in total. The largest absolute Gasteiger partial charge is 0.337 e. The Labute approximate surface area is 143 Å². The standard InChI is InChI=1S/C14H14N8O4/c1-18-5-15-8-6(18)11(24)22(13(25)16-8)12-17-9-7(19(12)2)10(23)21(4)14(26)20(9)3/h5H,1-4H3,(H,16,25). The van der Waals surface area contributed by atoms with Gasteiger partial charge >= 0.3 is 11.4 Å². The molecular formula is C14H14N8O4. The Bertz CT molecular complexity index is 1460. The highest BCUT2D eigenvalue weighted by Crippen LogP contribution is 2.11. The van der Waals surface area contributed by atoms with E-state index in [9.17, 15) is 19.2 Å². The molecule has 0 fully saturated rings. The Morgan fingerprint density at radius 3 is 2.27 bits per heavy atom. The molecule has 12 nitrogen and oxygen atoms in total. The van der Waals surface area contributed by atoms with Crippen LogP contribution in [0.5, 0.6) is 0 Å². The molecule has 26 heavy (non-hydrogen) atoms. The highest BCUT2D eigenvalue weighted by Gasteiger charge is 2.21. The number of nitrogens with zero attached hydrogens (tertiary/aromatic N) is 7. The Morgan fingerprint density at radius 1 is 0.885 bits per heavy atom. The van der Waals surface area contributed by atoms with E-state index in [-0.39, 0.29) is 28.3 Å². The first-order valence-electron chi connectivity index (χ1n) is 7.53. The van der Waals surface area contributed by atoms with Crippen LogP contribution in [-0.4, -0.2) is 37.8 Å². The molecule has 0 aromatic carbocycles. The summed E-state index contributed by atoms with van der Waals surface area (Å²) in [5.41, 5.74) is -2.01. The van der Waals surface area contributed by atoms with Crippen molar-refractivity contribution in [2.24, 2.45) is 28.2 Å². The van der Waals surface area contributed by atoms with Gasteiger partial charge in [0.25, 0.3) is 11.1 Å². The SMILES string of the molecule is Cn1c(=O)c2c(nc(-n3c(=O)[nH]c4ncn(C)c4c3=O)n2C)n(C)c1=O. The van der Waals surface area contributed by atoms with Crippen LogP contribution in [0.2, 0.25) is 0 Å². The van der Waals surface area contributed by atoms with Gasteiger partial charge in [0.05, 0.1) is 6.33 Å². The third-order valence-corrected chi connectivity index (χ3v) is 4.42. The van der Waals surface area contributed by atoms with E-state index in [1.165, 1.54) is 41.2 Å². The fraction of sp³-hybridized carbons (Fsp3) is 0.286. The summed E-state index contributed by atoms with van der Waals surface area (Å²) < 4.78 is 5.72. The number of rotatable bonds is 1. The number of imidazole rings is 2. The predicted molar refractivity (Wildman–Crippen MR) is 91.7 cm³/mol. The maximum absolute atomic E-state index is 12.8. The molecule has 4 aromatic rings. The second-order valence-electron chi connectivity index (χ2n) is 5.97. The Balaban J connectivity index is 2.23. The number of H-pyrrole nitrogens is 1. The summed E-state index contributed by atoms with van der Waals surface area (Å²) in [4.78, 5) is 60.5. The first kappa shape index (κ1) is 15.8. The van der Waals surface area contributed by atoms with Gasteiger partial charge in [-0.05, 0) is 0 Å². The Hall–Kier alpha value is -3.70. The van der Waals surface area contributed by atoms with Crippen molar-refractivity contribution in [1.82, 2.24) is 37.8 Å². The number of fused-ring (bicyclic) bond motifs is 2. The number of nitrogens with one attached hydrogen (secondary N) is 1. The van der Waals surface area contributed by atoms with Crippen molar-refractivity contribution in [3.63, 3.8) is 0 Å². The summed E-state index contributed by atoms with van der Waals surface area (Å²) >= 11 is 0. The lowest BCUT2D eigenvalue weighted by Crippen LogP contribution is -2.37. The fourth-order valence-corrected chi connectivity index (χ4v) is 3.02. The summed E-state index contributed by atoms with van der Waals surface area (Å²) in [6, 6.07) is 0. The van der Waals surface area contributed by atoms with Gasteiger partial charge in [-0.25, -0.2) is 14.6 Å². The minimum atomic E-state index is -0.749. The highest BCUT2D eigenvalue weighted by molar-refractivity contribution is 5.73. The molecule has 0 saturated heterocycles. The summed E-state index contributed by atoms with van der Waals surface area (Å²) in [6.07, 6.45) is 1.40. The first-order valence-corrected chi connectivity index (χ1v) is 7.53. The molecule has 0 saturated carbocycles. The molecule has 0 amide bonds. The van der Waals surface area contributed by atoms with Crippen LogP contribution in [-0.2, 0) is 28.2 Å².